The summed E-state index contributed by atoms with van der Waals surface area (Å²) >= 11 is 1.34. The normalized spacial score (nSPS) is 10.5. The topological polar surface area (TPSA) is 72.2 Å². The van der Waals surface area contributed by atoms with Gasteiger partial charge in [0.2, 0.25) is 11.0 Å². The van der Waals surface area contributed by atoms with Crippen LogP contribution in [0.1, 0.15) is 17.1 Å². The van der Waals surface area contributed by atoms with Crippen LogP contribution in [0.2, 0.25) is 0 Å². The van der Waals surface area contributed by atoms with E-state index in [-0.39, 0.29) is 12.3 Å². The lowest BCUT2D eigenvalue weighted by atomic mass is 10.3. The van der Waals surface area contributed by atoms with Crippen molar-refractivity contribution in [3.8, 4) is 12.3 Å². The van der Waals surface area contributed by atoms with Crippen LogP contribution in [-0.4, -0.2) is 25.7 Å². The molecular weight excluding hydrogens is 298 g/mol. The molecule has 0 fully saturated rings. The number of aryl methyl sites for hydroxylation is 1. The van der Waals surface area contributed by atoms with Gasteiger partial charge in [-0.05, 0) is 18.2 Å². The van der Waals surface area contributed by atoms with E-state index >= 15 is 0 Å². The Balaban J connectivity index is 1.62. The Morgan fingerprint density at radius 1 is 1.41 bits per heavy atom. The van der Waals surface area contributed by atoms with Gasteiger partial charge in [0.25, 0.3) is 0 Å². The number of carbonyl (C=O) groups is 1. The van der Waals surface area contributed by atoms with Crippen LogP contribution in [-0.2, 0) is 17.6 Å². The van der Waals surface area contributed by atoms with E-state index in [0.29, 0.717) is 23.7 Å². The van der Waals surface area contributed by atoms with E-state index in [1.807, 2.05) is 30.5 Å². The van der Waals surface area contributed by atoms with Crippen molar-refractivity contribution in [2.75, 3.05) is 5.32 Å². The Morgan fingerprint density at radius 2 is 2.32 bits per heavy atom. The van der Waals surface area contributed by atoms with Crippen molar-refractivity contribution in [1.82, 2.24) is 19.8 Å². The second-order valence-electron chi connectivity index (χ2n) is 4.64. The fourth-order valence-corrected chi connectivity index (χ4v) is 2.75. The number of aromatic nitrogens is 4. The number of rotatable bonds is 5. The average molecular weight is 311 g/mol. The van der Waals surface area contributed by atoms with Gasteiger partial charge in [-0.1, -0.05) is 17.4 Å². The fraction of sp³-hybridized carbons (Fsp3) is 0.200. The second-order valence-corrected chi connectivity index (χ2v) is 5.70. The summed E-state index contributed by atoms with van der Waals surface area (Å²) in [5.41, 5.74) is 1.67. The first kappa shape index (κ1) is 14.2. The molecular formula is C15H13N5OS. The van der Waals surface area contributed by atoms with E-state index in [1.54, 1.807) is 4.52 Å². The van der Waals surface area contributed by atoms with Crippen molar-refractivity contribution in [3.05, 3.63) is 41.2 Å². The Bertz CT molecular complexity index is 812. The number of fused-ring (bicyclic) bond motifs is 1. The van der Waals surface area contributed by atoms with Crippen molar-refractivity contribution < 1.29 is 4.79 Å². The third-order valence-electron chi connectivity index (χ3n) is 2.96. The standard InChI is InChI=1S/C15H13N5OS/c1-2-3-7-14-17-18-15(22-14)16-13(21)10-11-9-12-6-4-5-8-20(12)19-11/h1,4-6,8-9H,3,7,10H2,(H,16,18,21). The first-order chi connectivity index (χ1) is 10.7. The van der Waals surface area contributed by atoms with Gasteiger partial charge in [0.15, 0.2) is 0 Å². The molecule has 3 rings (SSSR count). The van der Waals surface area contributed by atoms with Crippen LogP contribution in [0.25, 0.3) is 5.52 Å². The molecule has 1 amide bonds. The molecule has 1 N–H and O–H groups in total. The summed E-state index contributed by atoms with van der Waals surface area (Å²) in [5, 5.41) is 16.3. The molecule has 3 aromatic rings. The summed E-state index contributed by atoms with van der Waals surface area (Å²) in [7, 11) is 0. The highest BCUT2D eigenvalue weighted by Gasteiger charge is 2.11. The van der Waals surface area contributed by atoms with Crippen molar-refractivity contribution >= 4 is 27.9 Å². The Labute approximate surface area is 131 Å². The van der Waals surface area contributed by atoms with E-state index in [1.165, 1.54) is 11.3 Å². The number of pyridine rings is 1. The molecule has 0 bridgehead atoms. The number of amides is 1. The van der Waals surface area contributed by atoms with Gasteiger partial charge in [-0.3, -0.25) is 4.79 Å². The highest BCUT2D eigenvalue weighted by Crippen LogP contribution is 2.17. The molecule has 0 atom stereocenters. The predicted molar refractivity (Wildman–Crippen MR) is 84.6 cm³/mol. The molecule has 0 aromatic carbocycles. The van der Waals surface area contributed by atoms with Crippen LogP contribution in [0.5, 0.6) is 0 Å². The molecule has 0 saturated carbocycles. The van der Waals surface area contributed by atoms with Gasteiger partial charge in [0.05, 0.1) is 17.6 Å². The maximum atomic E-state index is 12.0. The lowest BCUT2D eigenvalue weighted by Gasteiger charge is -1.97. The summed E-state index contributed by atoms with van der Waals surface area (Å²) in [6.45, 7) is 0. The Morgan fingerprint density at radius 3 is 3.14 bits per heavy atom. The number of hydrogen-bond donors (Lipinski definition) is 1. The monoisotopic (exact) mass is 311 g/mol. The number of nitrogens with one attached hydrogen (secondary N) is 1. The van der Waals surface area contributed by atoms with Crippen LogP contribution in [0.15, 0.2) is 30.5 Å². The molecule has 0 saturated heterocycles. The number of carbonyl (C=O) groups excluding carboxylic acids is 1. The number of nitrogens with zero attached hydrogens (tertiary/aromatic N) is 4. The van der Waals surface area contributed by atoms with Crippen LogP contribution in [0, 0.1) is 12.3 Å². The smallest absolute Gasteiger partial charge is 0.232 e. The lowest BCUT2D eigenvalue weighted by molar-refractivity contribution is -0.115. The second kappa shape index (κ2) is 6.37. The molecule has 6 nitrogen and oxygen atoms in total. The van der Waals surface area contributed by atoms with Crippen LogP contribution in [0.4, 0.5) is 5.13 Å². The highest BCUT2D eigenvalue weighted by atomic mass is 32.1. The summed E-state index contributed by atoms with van der Waals surface area (Å²) in [5.74, 6) is 2.39. The van der Waals surface area contributed by atoms with E-state index in [0.717, 1.165) is 10.5 Å². The van der Waals surface area contributed by atoms with Crippen LogP contribution >= 0.6 is 11.3 Å². The van der Waals surface area contributed by atoms with Crippen LogP contribution in [0.3, 0.4) is 0 Å². The van der Waals surface area contributed by atoms with Crippen LogP contribution < -0.4 is 5.32 Å². The molecule has 0 aliphatic carbocycles. The minimum atomic E-state index is -0.164. The third kappa shape index (κ3) is 3.30. The van der Waals surface area contributed by atoms with E-state index in [9.17, 15) is 4.79 Å². The minimum absolute atomic E-state index is 0.164. The molecule has 0 spiro atoms. The summed E-state index contributed by atoms with van der Waals surface area (Å²) in [4.78, 5) is 12.0. The summed E-state index contributed by atoms with van der Waals surface area (Å²) in [6.07, 6.45) is 8.54. The first-order valence-corrected chi connectivity index (χ1v) is 7.55. The van der Waals surface area contributed by atoms with E-state index in [4.69, 9.17) is 6.42 Å². The molecule has 22 heavy (non-hydrogen) atoms. The summed E-state index contributed by atoms with van der Waals surface area (Å²) in [6, 6.07) is 7.65. The number of anilines is 1. The lowest BCUT2D eigenvalue weighted by Crippen LogP contribution is -2.14. The minimum Gasteiger partial charge on any atom is -0.300 e. The molecule has 0 aliphatic heterocycles. The molecule has 7 heteroatoms. The zero-order valence-electron chi connectivity index (χ0n) is 11.7. The molecule has 0 aliphatic rings. The highest BCUT2D eigenvalue weighted by molar-refractivity contribution is 7.15. The van der Waals surface area contributed by atoms with Crippen molar-refractivity contribution in [2.24, 2.45) is 0 Å². The largest absolute Gasteiger partial charge is 0.300 e. The zero-order valence-corrected chi connectivity index (χ0v) is 12.5. The molecule has 3 heterocycles. The van der Waals surface area contributed by atoms with Crippen molar-refractivity contribution in [3.63, 3.8) is 0 Å². The number of terminal acetylenes is 1. The number of hydrogen-bond acceptors (Lipinski definition) is 5. The van der Waals surface area contributed by atoms with Gasteiger partial charge in [-0.15, -0.1) is 22.5 Å². The summed E-state index contributed by atoms with van der Waals surface area (Å²) < 4.78 is 1.74. The van der Waals surface area contributed by atoms with Gasteiger partial charge < -0.3 is 5.32 Å². The van der Waals surface area contributed by atoms with Gasteiger partial charge in [0.1, 0.15) is 5.01 Å². The molecule has 0 unspecified atom stereocenters. The quantitative estimate of drug-likeness (QED) is 0.731. The SMILES string of the molecule is C#CCCc1nnc(NC(=O)Cc2cc3ccccn3n2)s1. The molecule has 0 radical (unpaired) electrons. The van der Waals surface area contributed by atoms with Crippen molar-refractivity contribution in [2.45, 2.75) is 19.3 Å². The molecule has 3 aromatic heterocycles. The van der Waals surface area contributed by atoms with E-state index in [2.05, 4.69) is 26.5 Å². The average Bonchev–Trinajstić information content (AvgIpc) is 3.10. The fourth-order valence-electron chi connectivity index (χ4n) is 1.99. The third-order valence-corrected chi connectivity index (χ3v) is 3.86. The predicted octanol–water partition coefficient (Wildman–Crippen LogP) is 1.93. The Hall–Kier alpha value is -2.72. The first-order valence-electron chi connectivity index (χ1n) is 6.73. The van der Waals surface area contributed by atoms with Gasteiger partial charge in [-0.2, -0.15) is 5.10 Å². The van der Waals surface area contributed by atoms with Gasteiger partial charge in [0, 0.05) is 19.0 Å². The zero-order chi connectivity index (χ0) is 15.4. The van der Waals surface area contributed by atoms with E-state index < -0.39 is 0 Å². The molecule has 110 valence electrons. The van der Waals surface area contributed by atoms with Crippen molar-refractivity contribution in [1.29, 1.82) is 0 Å². The Kier molecular flexibility index (Phi) is 4.12. The van der Waals surface area contributed by atoms with Gasteiger partial charge >= 0.3 is 0 Å². The maximum absolute atomic E-state index is 12.0. The maximum Gasteiger partial charge on any atom is 0.232 e. The van der Waals surface area contributed by atoms with Gasteiger partial charge in [-0.25, -0.2) is 4.52 Å².